The SMILES string of the molecule is CCCCCCCCOC(=O)c1cc(Br)c(C(=O)O)c(CCCCCCCC)c1Br. The van der Waals surface area contributed by atoms with Crippen molar-refractivity contribution in [1.82, 2.24) is 0 Å². The average molecular weight is 548 g/mol. The fourth-order valence-corrected chi connectivity index (χ4v) is 4.81. The zero-order valence-corrected chi connectivity index (χ0v) is 21.6. The van der Waals surface area contributed by atoms with Gasteiger partial charge in [-0.15, -0.1) is 0 Å². The van der Waals surface area contributed by atoms with E-state index < -0.39 is 11.9 Å². The van der Waals surface area contributed by atoms with Gasteiger partial charge in [0.15, 0.2) is 0 Å². The smallest absolute Gasteiger partial charge is 0.339 e. The normalized spacial score (nSPS) is 10.9. The number of ether oxygens (including phenoxy) is 1. The molecule has 0 spiro atoms. The molecule has 170 valence electrons. The summed E-state index contributed by atoms with van der Waals surface area (Å²) in [5.41, 5.74) is 1.28. The molecule has 1 N–H and O–H groups in total. The molecule has 0 amide bonds. The van der Waals surface area contributed by atoms with Gasteiger partial charge in [-0.2, -0.15) is 0 Å². The van der Waals surface area contributed by atoms with E-state index in [1.807, 2.05) is 0 Å². The zero-order valence-electron chi connectivity index (χ0n) is 18.4. The Hall–Kier alpha value is -0.880. The number of hydrogen-bond donors (Lipinski definition) is 1. The molecule has 1 aromatic carbocycles. The first-order valence-electron chi connectivity index (χ1n) is 11.3. The molecular formula is C24H36Br2O4. The maximum absolute atomic E-state index is 12.6. The van der Waals surface area contributed by atoms with Crippen molar-refractivity contribution < 1.29 is 19.4 Å². The van der Waals surface area contributed by atoms with Crippen LogP contribution in [0.2, 0.25) is 0 Å². The Morgan fingerprint density at radius 3 is 1.97 bits per heavy atom. The Morgan fingerprint density at radius 1 is 0.867 bits per heavy atom. The van der Waals surface area contributed by atoms with Gasteiger partial charge in [-0.1, -0.05) is 78.1 Å². The van der Waals surface area contributed by atoms with Gasteiger partial charge < -0.3 is 9.84 Å². The predicted molar refractivity (Wildman–Crippen MR) is 130 cm³/mol. The standard InChI is InChI=1S/C24H36Br2O4/c1-3-5-7-9-11-13-15-18-21(23(27)28)20(25)17-19(22(18)26)24(29)30-16-14-12-10-8-6-4-2/h17H,3-16H2,1-2H3,(H,27,28). The van der Waals surface area contributed by atoms with Gasteiger partial charge in [0.2, 0.25) is 0 Å². The molecule has 0 aliphatic rings. The highest BCUT2D eigenvalue weighted by molar-refractivity contribution is 9.11. The van der Waals surface area contributed by atoms with Crippen LogP contribution in [0, 0.1) is 0 Å². The van der Waals surface area contributed by atoms with Crippen LogP contribution in [-0.4, -0.2) is 23.7 Å². The Labute approximate surface area is 198 Å². The number of hydrogen-bond acceptors (Lipinski definition) is 3. The van der Waals surface area contributed by atoms with Crippen molar-refractivity contribution in [2.24, 2.45) is 0 Å². The molecule has 0 fully saturated rings. The molecule has 1 rings (SSSR count). The number of carboxylic acid groups (broad SMARTS) is 1. The number of unbranched alkanes of at least 4 members (excludes halogenated alkanes) is 10. The maximum Gasteiger partial charge on any atom is 0.339 e. The summed E-state index contributed by atoms with van der Waals surface area (Å²) in [5.74, 6) is -1.40. The lowest BCUT2D eigenvalue weighted by Crippen LogP contribution is -2.12. The Bertz CT molecular complexity index is 674. The molecule has 0 aliphatic heterocycles. The minimum absolute atomic E-state index is 0.225. The lowest BCUT2D eigenvalue weighted by Gasteiger charge is -2.15. The molecule has 0 aromatic heterocycles. The Balaban J connectivity index is 2.76. The van der Waals surface area contributed by atoms with Gasteiger partial charge in [0.05, 0.1) is 17.7 Å². The summed E-state index contributed by atoms with van der Waals surface area (Å²) in [6.45, 7) is 4.77. The number of rotatable bonds is 16. The van der Waals surface area contributed by atoms with Crippen LogP contribution in [0.15, 0.2) is 15.0 Å². The molecule has 4 nitrogen and oxygen atoms in total. The molecule has 0 atom stereocenters. The molecule has 1 aromatic rings. The molecule has 0 radical (unpaired) electrons. The molecule has 0 aliphatic carbocycles. The fourth-order valence-electron chi connectivity index (χ4n) is 3.50. The first-order chi connectivity index (χ1) is 14.4. The van der Waals surface area contributed by atoms with Crippen LogP contribution in [0.1, 0.15) is 117 Å². The summed E-state index contributed by atoms with van der Waals surface area (Å²) in [6, 6.07) is 1.56. The van der Waals surface area contributed by atoms with E-state index in [0.29, 0.717) is 33.1 Å². The first-order valence-corrected chi connectivity index (χ1v) is 12.9. The van der Waals surface area contributed by atoms with Crippen LogP contribution < -0.4 is 0 Å². The van der Waals surface area contributed by atoms with E-state index in [2.05, 4.69) is 45.7 Å². The largest absolute Gasteiger partial charge is 0.478 e. The van der Waals surface area contributed by atoms with Gasteiger partial charge >= 0.3 is 11.9 Å². The number of carbonyl (C=O) groups is 2. The van der Waals surface area contributed by atoms with Gasteiger partial charge in [0.1, 0.15) is 0 Å². The number of esters is 1. The van der Waals surface area contributed by atoms with Crippen molar-refractivity contribution in [3.05, 3.63) is 31.7 Å². The van der Waals surface area contributed by atoms with Crippen molar-refractivity contribution in [3.8, 4) is 0 Å². The fraction of sp³-hybridized carbons (Fsp3) is 0.667. The summed E-state index contributed by atoms with van der Waals surface area (Å²) < 4.78 is 6.43. The molecule has 0 saturated heterocycles. The van der Waals surface area contributed by atoms with E-state index >= 15 is 0 Å². The summed E-state index contributed by atoms with van der Waals surface area (Å²) in [5, 5.41) is 9.67. The Kier molecular flexibility index (Phi) is 14.3. The monoisotopic (exact) mass is 546 g/mol. The second-order valence-electron chi connectivity index (χ2n) is 7.80. The predicted octanol–water partition coefficient (Wildman–Crippen LogP) is 8.33. The van der Waals surface area contributed by atoms with Crippen molar-refractivity contribution in [2.75, 3.05) is 6.61 Å². The van der Waals surface area contributed by atoms with Gasteiger partial charge in [-0.3, -0.25) is 0 Å². The second-order valence-corrected chi connectivity index (χ2v) is 9.45. The summed E-state index contributed by atoms with van der Waals surface area (Å²) >= 11 is 6.85. The van der Waals surface area contributed by atoms with E-state index in [9.17, 15) is 14.7 Å². The van der Waals surface area contributed by atoms with Crippen LogP contribution in [0.3, 0.4) is 0 Å². The first kappa shape index (κ1) is 27.2. The summed E-state index contributed by atoms with van der Waals surface area (Å²) in [7, 11) is 0. The highest BCUT2D eigenvalue weighted by Gasteiger charge is 2.23. The van der Waals surface area contributed by atoms with Gasteiger partial charge in [-0.25, -0.2) is 9.59 Å². The van der Waals surface area contributed by atoms with E-state index in [0.717, 1.165) is 38.5 Å². The number of aromatic carboxylic acids is 1. The molecular weight excluding hydrogens is 512 g/mol. The van der Waals surface area contributed by atoms with Crippen LogP contribution in [0.5, 0.6) is 0 Å². The van der Waals surface area contributed by atoms with Gasteiger partial charge in [-0.05, 0) is 62.8 Å². The average Bonchev–Trinajstić information content (AvgIpc) is 2.71. The number of benzene rings is 1. The zero-order chi connectivity index (χ0) is 22.4. The van der Waals surface area contributed by atoms with Crippen molar-refractivity contribution >= 4 is 43.8 Å². The van der Waals surface area contributed by atoms with Crippen molar-refractivity contribution in [1.29, 1.82) is 0 Å². The highest BCUT2D eigenvalue weighted by atomic mass is 79.9. The number of carbonyl (C=O) groups excluding carboxylic acids is 1. The van der Waals surface area contributed by atoms with Gasteiger partial charge in [0, 0.05) is 8.95 Å². The second kappa shape index (κ2) is 15.9. The molecule has 6 heteroatoms. The third-order valence-corrected chi connectivity index (χ3v) is 6.79. The molecule has 30 heavy (non-hydrogen) atoms. The van der Waals surface area contributed by atoms with E-state index in [1.165, 1.54) is 38.5 Å². The highest BCUT2D eigenvalue weighted by Crippen LogP contribution is 2.33. The minimum Gasteiger partial charge on any atom is -0.478 e. The summed E-state index contributed by atoms with van der Waals surface area (Å²) in [4.78, 5) is 24.4. The van der Waals surface area contributed by atoms with Crippen LogP contribution >= 0.6 is 31.9 Å². The van der Waals surface area contributed by atoms with Crippen LogP contribution in [0.4, 0.5) is 0 Å². The van der Waals surface area contributed by atoms with E-state index in [1.54, 1.807) is 6.07 Å². The van der Waals surface area contributed by atoms with Crippen molar-refractivity contribution in [3.63, 3.8) is 0 Å². The molecule has 0 unspecified atom stereocenters. The maximum atomic E-state index is 12.6. The molecule has 0 heterocycles. The third kappa shape index (κ3) is 9.51. The lowest BCUT2D eigenvalue weighted by atomic mass is 9.98. The van der Waals surface area contributed by atoms with Crippen molar-refractivity contribution in [2.45, 2.75) is 97.3 Å². The van der Waals surface area contributed by atoms with E-state index in [4.69, 9.17) is 4.74 Å². The Morgan fingerprint density at radius 2 is 1.40 bits per heavy atom. The quantitative estimate of drug-likeness (QED) is 0.167. The minimum atomic E-state index is -0.990. The number of halogens is 2. The third-order valence-electron chi connectivity index (χ3n) is 5.26. The van der Waals surface area contributed by atoms with Crippen LogP contribution in [0.25, 0.3) is 0 Å². The molecule has 0 bridgehead atoms. The summed E-state index contributed by atoms with van der Waals surface area (Å²) in [6.07, 6.45) is 14.1. The van der Waals surface area contributed by atoms with E-state index in [-0.39, 0.29) is 5.56 Å². The lowest BCUT2D eigenvalue weighted by molar-refractivity contribution is 0.0495. The topological polar surface area (TPSA) is 63.6 Å². The molecule has 0 saturated carbocycles. The van der Waals surface area contributed by atoms with Crippen LogP contribution in [-0.2, 0) is 11.2 Å². The van der Waals surface area contributed by atoms with Gasteiger partial charge in [0.25, 0.3) is 0 Å². The number of carboxylic acids is 1.